The molecule has 5 aromatic carbocycles. The highest BCUT2D eigenvalue weighted by Gasteiger charge is 2.35. The average Bonchev–Trinajstić information content (AvgIpc) is 3.72. The normalized spacial score (nSPS) is 13.9. The fourth-order valence-corrected chi connectivity index (χ4v) is 9.24. The Kier molecular flexibility index (Phi) is 13.7. The molecule has 1 saturated heterocycles. The Morgan fingerprint density at radius 1 is 0.839 bits per heavy atom. The highest BCUT2D eigenvalue weighted by molar-refractivity contribution is 7.99. The molecule has 1 atom stereocenters. The van der Waals surface area contributed by atoms with Gasteiger partial charge in [0, 0.05) is 76.6 Å². The van der Waals surface area contributed by atoms with Gasteiger partial charge in [0.25, 0.3) is 15.7 Å². The van der Waals surface area contributed by atoms with Crippen molar-refractivity contribution in [3.8, 4) is 16.9 Å². The van der Waals surface area contributed by atoms with Crippen LogP contribution < -0.4 is 19.8 Å². The van der Waals surface area contributed by atoms with Crippen molar-refractivity contribution in [2.24, 2.45) is 0 Å². The number of sulfonamides is 1. The average molecular weight is 905 g/mol. The molecule has 1 aliphatic rings. The van der Waals surface area contributed by atoms with Crippen molar-refractivity contribution in [3.63, 3.8) is 0 Å². The Morgan fingerprint density at radius 3 is 2.15 bits per heavy atom. The van der Waals surface area contributed by atoms with E-state index in [0.717, 1.165) is 34.9 Å². The smallest absolute Gasteiger partial charge is 0.376 e. The predicted molar refractivity (Wildman–Crippen MR) is 242 cm³/mol. The lowest BCUT2D eigenvalue weighted by Gasteiger charge is -2.37. The summed E-state index contributed by atoms with van der Waals surface area (Å²) in [7, 11) is -0.267. The van der Waals surface area contributed by atoms with Gasteiger partial charge in [0.1, 0.15) is 5.69 Å². The van der Waals surface area contributed by atoms with Gasteiger partial charge in [-0.1, -0.05) is 41.9 Å². The van der Waals surface area contributed by atoms with Crippen LogP contribution in [-0.2, 0) is 16.2 Å². The monoisotopic (exact) mass is 904 g/mol. The number of nitro groups is 1. The molecule has 0 unspecified atom stereocenters. The number of alkyl halides is 3. The van der Waals surface area contributed by atoms with Crippen LogP contribution in [0.2, 0.25) is 5.02 Å². The van der Waals surface area contributed by atoms with Crippen molar-refractivity contribution in [1.82, 2.24) is 14.7 Å². The molecule has 0 aliphatic carbocycles. The summed E-state index contributed by atoms with van der Waals surface area (Å²) in [5.41, 5.74) is 2.21. The molecule has 6 aromatic rings. The van der Waals surface area contributed by atoms with Crippen LogP contribution in [-0.4, -0.2) is 86.6 Å². The Bertz CT molecular complexity index is 2590. The first kappa shape index (κ1) is 44.3. The Balaban J connectivity index is 0.993. The van der Waals surface area contributed by atoms with Gasteiger partial charge in [-0.15, -0.1) is 11.8 Å². The maximum Gasteiger partial charge on any atom is 0.435 e. The molecule has 324 valence electrons. The first-order valence-electron chi connectivity index (χ1n) is 19.7. The molecule has 0 spiro atoms. The summed E-state index contributed by atoms with van der Waals surface area (Å²) in [5, 5.41) is 19.9. The molecule has 0 radical (unpaired) electrons. The molecule has 2 N–H and O–H groups in total. The number of nitrogens with zero attached hydrogens (tertiary/aromatic N) is 6. The molecule has 0 bridgehead atoms. The lowest BCUT2D eigenvalue weighted by atomic mass is 10.1. The number of nitrogens with one attached hydrogen (secondary N) is 2. The van der Waals surface area contributed by atoms with Gasteiger partial charge in [-0.3, -0.25) is 14.8 Å². The molecule has 1 aromatic heterocycles. The quantitative estimate of drug-likeness (QED) is 0.0551. The lowest BCUT2D eigenvalue weighted by Crippen LogP contribution is -2.46. The standard InChI is InChI=1S/C44H44ClF3N8O4S2/c1-52(2)22-21-34(30-61-38-9-4-3-5-10-38)49-40-20-19-39(28-42(40)56(57)58)62(59,60)51-33-13-17-35(18-14-33)53-23-25-54(26-24-53)37-8-6-7-31(27-37)41-29-43(44(46,47)48)50-55(41)36-15-11-32(45)12-16-36/h3-20,27-29,34,49,51H,21-26,30H2,1-2H3/t34-/m1/s1. The topological polar surface area (TPSA) is 129 Å². The summed E-state index contributed by atoms with van der Waals surface area (Å²) in [6.07, 6.45) is -3.92. The van der Waals surface area contributed by atoms with E-state index >= 15 is 0 Å². The molecule has 1 aliphatic heterocycles. The number of hydrogen-bond donors (Lipinski definition) is 2. The zero-order valence-corrected chi connectivity index (χ0v) is 36.2. The second kappa shape index (κ2) is 19.1. The maximum atomic E-state index is 13.8. The SMILES string of the molecule is CN(C)CC[C@H](CSc1ccccc1)Nc1ccc(S(=O)(=O)Nc2ccc(N3CCN(c4cccc(-c5cc(C(F)(F)F)nn5-c5ccc(Cl)cc5)c4)CC3)cc2)cc1[N+](=O)[O-]. The minimum atomic E-state index is -4.63. The highest BCUT2D eigenvalue weighted by atomic mass is 35.5. The van der Waals surface area contributed by atoms with Crippen LogP contribution >= 0.6 is 23.4 Å². The number of nitro benzene ring substituents is 1. The van der Waals surface area contributed by atoms with E-state index in [2.05, 4.69) is 24.9 Å². The third-order valence-electron chi connectivity index (χ3n) is 10.3. The second-order valence-corrected chi connectivity index (χ2v) is 18.2. The van der Waals surface area contributed by atoms with Crippen LogP contribution in [0.15, 0.2) is 137 Å². The number of thioether (sulfide) groups is 1. The van der Waals surface area contributed by atoms with E-state index in [9.17, 15) is 31.7 Å². The molecule has 0 saturated carbocycles. The van der Waals surface area contributed by atoms with Gasteiger partial charge in [0.15, 0.2) is 5.69 Å². The van der Waals surface area contributed by atoms with Gasteiger partial charge < -0.3 is 20.0 Å². The van der Waals surface area contributed by atoms with E-state index in [-0.39, 0.29) is 28.0 Å². The molecule has 62 heavy (non-hydrogen) atoms. The number of rotatable bonds is 16. The predicted octanol–water partition coefficient (Wildman–Crippen LogP) is 9.77. The van der Waals surface area contributed by atoms with Crippen LogP contribution in [0, 0.1) is 10.1 Å². The molecular weight excluding hydrogens is 861 g/mol. The number of hydrogen-bond acceptors (Lipinski definition) is 10. The van der Waals surface area contributed by atoms with Crippen LogP contribution in [0.5, 0.6) is 0 Å². The Morgan fingerprint density at radius 2 is 1.50 bits per heavy atom. The molecule has 18 heteroatoms. The van der Waals surface area contributed by atoms with Crippen molar-refractivity contribution < 1.29 is 26.5 Å². The van der Waals surface area contributed by atoms with Gasteiger partial charge in [-0.2, -0.15) is 18.3 Å². The van der Waals surface area contributed by atoms with Crippen molar-refractivity contribution in [2.75, 3.05) is 72.4 Å². The Labute approximate surface area is 367 Å². The largest absolute Gasteiger partial charge is 0.435 e. The lowest BCUT2D eigenvalue weighted by molar-refractivity contribution is -0.384. The van der Waals surface area contributed by atoms with Crippen molar-refractivity contribution in [3.05, 3.63) is 148 Å². The number of aromatic nitrogens is 2. The van der Waals surface area contributed by atoms with Gasteiger partial charge in [-0.25, -0.2) is 13.1 Å². The minimum absolute atomic E-state index is 0.129. The third-order valence-corrected chi connectivity index (χ3v) is 13.1. The second-order valence-electron chi connectivity index (χ2n) is 15.0. The molecule has 7 rings (SSSR count). The van der Waals surface area contributed by atoms with E-state index in [1.54, 1.807) is 66.4 Å². The van der Waals surface area contributed by atoms with Gasteiger partial charge in [0.05, 0.1) is 21.2 Å². The van der Waals surface area contributed by atoms with Gasteiger partial charge in [-0.05, 0) is 118 Å². The zero-order valence-electron chi connectivity index (χ0n) is 33.8. The fourth-order valence-electron chi connectivity index (χ4n) is 7.04. The third kappa shape index (κ3) is 11.0. The summed E-state index contributed by atoms with van der Waals surface area (Å²) < 4.78 is 72.3. The van der Waals surface area contributed by atoms with Crippen LogP contribution in [0.3, 0.4) is 0 Å². The summed E-state index contributed by atoms with van der Waals surface area (Å²) in [4.78, 5) is 18.9. The zero-order chi connectivity index (χ0) is 44.0. The molecule has 2 heterocycles. The molecule has 0 amide bonds. The summed E-state index contributed by atoms with van der Waals surface area (Å²) in [6, 6.07) is 35.3. The number of piperazine rings is 1. The summed E-state index contributed by atoms with van der Waals surface area (Å²) >= 11 is 7.67. The van der Waals surface area contributed by atoms with E-state index in [4.69, 9.17) is 11.6 Å². The van der Waals surface area contributed by atoms with E-state index < -0.39 is 26.8 Å². The van der Waals surface area contributed by atoms with E-state index in [1.807, 2.05) is 67.5 Å². The molecule has 1 fully saturated rings. The number of halogens is 4. The van der Waals surface area contributed by atoms with Gasteiger partial charge >= 0.3 is 6.18 Å². The first-order chi connectivity index (χ1) is 29.6. The van der Waals surface area contributed by atoms with Crippen molar-refractivity contribution >= 4 is 61.8 Å². The number of anilines is 4. The minimum Gasteiger partial charge on any atom is -0.376 e. The van der Waals surface area contributed by atoms with E-state index in [0.29, 0.717) is 60.3 Å². The molecule has 12 nitrogen and oxygen atoms in total. The number of benzene rings is 5. The van der Waals surface area contributed by atoms with Crippen LogP contribution in [0.25, 0.3) is 16.9 Å². The van der Waals surface area contributed by atoms with Crippen molar-refractivity contribution in [1.29, 1.82) is 0 Å². The van der Waals surface area contributed by atoms with E-state index in [1.165, 1.54) is 16.8 Å². The van der Waals surface area contributed by atoms with Crippen LogP contribution in [0.1, 0.15) is 12.1 Å². The maximum absolute atomic E-state index is 13.8. The summed E-state index contributed by atoms with van der Waals surface area (Å²) in [6.45, 7) is 3.24. The highest BCUT2D eigenvalue weighted by Crippen LogP contribution is 2.36. The van der Waals surface area contributed by atoms with Gasteiger partial charge in [0.2, 0.25) is 0 Å². The molecular formula is C44H44ClF3N8O4S2. The first-order valence-corrected chi connectivity index (χ1v) is 22.5. The van der Waals surface area contributed by atoms with Crippen molar-refractivity contribution in [2.45, 2.75) is 28.4 Å². The Hall–Kier alpha value is -5.75. The van der Waals surface area contributed by atoms with Crippen LogP contribution in [0.4, 0.5) is 41.6 Å². The fraction of sp³-hybridized carbons (Fsp3) is 0.250. The summed E-state index contributed by atoms with van der Waals surface area (Å²) in [5.74, 6) is 0.647.